The van der Waals surface area contributed by atoms with Gasteiger partial charge >= 0.3 is 0 Å². The van der Waals surface area contributed by atoms with Crippen molar-refractivity contribution in [2.45, 2.75) is 13.8 Å². The van der Waals surface area contributed by atoms with Gasteiger partial charge < -0.3 is 15.0 Å². The lowest BCUT2D eigenvalue weighted by Crippen LogP contribution is -2.23. The zero-order chi connectivity index (χ0) is 16.8. The molecule has 0 unspecified atom stereocenters. The van der Waals surface area contributed by atoms with Gasteiger partial charge in [0.05, 0.1) is 6.61 Å². The van der Waals surface area contributed by atoms with Crippen LogP contribution in [0.4, 0.5) is 11.4 Å². The quantitative estimate of drug-likeness (QED) is 0.921. The molecule has 23 heavy (non-hydrogen) atoms. The van der Waals surface area contributed by atoms with Crippen LogP contribution in [0.2, 0.25) is 0 Å². The van der Waals surface area contributed by atoms with Crippen LogP contribution < -0.4 is 15.0 Å². The van der Waals surface area contributed by atoms with Gasteiger partial charge in [-0.2, -0.15) is 0 Å². The summed E-state index contributed by atoms with van der Waals surface area (Å²) in [5.74, 6) is 0.449. The lowest BCUT2D eigenvalue weighted by Gasteiger charge is -2.16. The van der Waals surface area contributed by atoms with Crippen LogP contribution >= 0.6 is 0 Å². The number of amides is 2. The van der Waals surface area contributed by atoms with Gasteiger partial charge in [-0.15, -0.1) is 0 Å². The molecule has 2 aromatic carbocycles. The minimum absolute atomic E-state index is 0.0695. The standard InChI is InChI=1S/C18H20N2O3/c1-4-23-17-10-8-14(9-11-17)18(22)19-15-6-5-7-16(12-15)20(3)13(2)21/h5-12H,4H2,1-3H3,(H,19,22). The van der Waals surface area contributed by atoms with E-state index < -0.39 is 0 Å². The minimum Gasteiger partial charge on any atom is -0.494 e. The summed E-state index contributed by atoms with van der Waals surface area (Å²) in [4.78, 5) is 25.2. The van der Waals surface area contributed by atoms with Crippen LogP contribution in [0.3, 0.4) is 0 Å². The van der Waals surface area contributed by atoms with Gasteiger partial charge in [0.1, 0.15) is 5.75 Å². The van der Waals surface area contributed by atoms with E-state index in [0.29, 0.717) is 17.9 Å². The average molecular weight is 312 g/mol. The van der Waals surface area contributed by atoms with Crippen LogP contribution in [-0.2, 0) is 4.79 Å². The number of ether oxygens (including phenoxy) is 1. The van der Waals surface area contributed by atoms with Crippen LogP contribution in [0.15, 0.2) is 48.5 Å². The largest absolute Gasteiger partial charge is 0.494 e. The first-order valence-corrected chi connectivity index (χ1v) is 7.40. The number of rotatable bonds is 5. The van der Waals surface area contributed by atoms with E-state index in [0.717, 1.165) is 11.4 Å². The molecular formula is C18H20N2O3. The number of nitrogens with one attached hydrogen (secondary N) is 1. The second-order valence-corrected chi connectivity index (χ2v) is 5.04. The van der Waals surface area contributed by atoms with Crippen molar-refractivity contribution in [3.63, 3.8) is 0 Å². The fourth-order valence-corrected chi connectivity index (χ4v) is 2.05. The van der Waals surface area contributed by atoms with E-state index >= 15 is 0 Å². The first kappa shape index (κ1) is 16.5. The lowest BCUT2D eigenvalue weighted by atomic mass is 10.2. The van der Waals surface area contributed by atoms with E-state index in [1.165, 1.54) is 11.8 Å². The van der Waals surface area contributed by atoms with Crippen molar-refractivity contribution in [1.29, 1.82) is 0 Å². The molecule has 5 nitrogen and oxygen atoms in total. The van der Waals surface area contributed by atoms with Crippen molar-refractivity contribution in [3.05, 3.63) is 54.1 Å². The molecular weight excluding hydrogens is 292 g/mol. The molecule has 2 amide bonds. The molecule has 2 rings (SSSR count). The van der Waals surface area contributed by atoms with E-state index in [4.69, 9.17) is 4.74 Å². The van der Waals surface area contributed by atoms with Crippen LogP contribution in [-0.4, -0.2) is 25.5 Å². The van der Waals surface area contributed by atoms with Gasteiger partial charge in [0.15, 0.2) is 0 Å². The number of nitrogens with zero attached hydrogens (tertiary/aromatic N) is 1. The fraction of sp³-hybridized carbons (Fsp3) is 0.222. The molecule has 0 heterocycles. The summed E-state index contributed by atoms with van der Waals surface area (Å²) in [5.41, 5.74) is 1.90. The molecule has 120 valence electrons. The van der Waals surface area contributed by atoms with Crippen LogP contribution in [0.5, 0.6) is 5.75 Å². The zero-order valence-corrected chi connectivity index (χ0v) is 13.5. The third-order valence-electron chi connectivity index (χ3n) is 3.39. The van der Waals surface area contributed by atoms with Gasteiger partial charge in [0.25, 0.3) is 5.91 Å². The Bertz CT molecular complexity index is 696. The Kier molecular flexibility index (Phi) is 5.36. The maximum atomic E-state index is 12.3. The first-order chi connectivity index (χ1) is 11.0. The van der Waals surface area contributed by atoms with Crippen molar-refractivity contribution in [2.75, 3.05) is 23.9 Å². The van der Waals surface area contributed by atoms with Gasteiger partial charge in [-0.05, 0) is 49.4 Å². The molecule has 0 saturated heterocycles. The third kappa shape index (κ3) is 4.32. The molecule has 0 fully saturated rings. The maximum absolute atomic E-state index is 12.3. The highest BCUT2D eigenvalue weighted by Gasteiger charge is 2.09. The van der Waals surface area contributed by atoms with Crippen molar-refractivity contribution in [3.8, 4) is 5.75 Å². The summed E-state index contributed by atoms with van der Waals surface area (Å²) in [6.07, 6.45) is 0. The Morgan fingerprint density at radius 2 is 1.83 bits per heavy atom. The highest BCUT2D eigenvalue weighted by molar-refractivity contribution is 6.04. The smallest absolute Gasteiger partial charge is 0.255 e. The second kappa shape index (κ2) is 7.45. The van der Waals surface area contributed by atoms with Gasteiger partial charge in [-0.25, -0.2) is 0 Å². The molecule has 2 aromatic rings. The van der Waals surface area contributed by atoms with Gasteiger partial charge in [-0.3, -0.25) is 9.59 Å². The number of carbonyl (C=O) groups excluding carboxylic acids is 2. The van der Waals surface area contributed by atoms with E-state index in [9.17, 15) is 9.59 Å². The number of anilines is 2. The van der Waals surface area contributed by atoms with Gasteiger partial charge in [0, 0.05) is 30.9 Å². The Morgan fingerprint density at radius 3 is 2.43 bits per heavy atom. The van der Waals surface area contributed by atoms with Crippen molar-refractivity contribution < 1.29 is 14.3 Å². The van der Waals surface area contributed by atoms with Crippen molar-refractivity contribution in [1.82, 2.24) is 0 Å². The summed E-state index contributed by atoms with van der Waals surface area (Å²) in [5, 5.41) is 2.83. The highest BCUT2D eigenvalue weighted by Crippen LogP contribution is 2.20. The Labute approximate surface area is 135 Å². The fourth-order valence-electron chi connectivity index (χ4n) is 2.05. The molecule has 0 aromatic heterocycles. The molecule has 0 aliphatic heterocycles. The highest BCUT2D eigenvalue weighted by atomic mass is 16.5. The molecule has 0 atom stereocenters. The summed E-state index contributed by atoms with van der Waals surface area (Å²) < 4.78 is 5.35. The molecule has 0 aliphatic rings. The molecule has 5 heteroatoms. The van der Waals surface area contributed by atoms with E-state index in [-0.39, 0.29) is 11.8 Å². The second-order valence-electron chi connectivity index (χ2n) is 5.04. The molecule has 1 N–H and O–H groups in total. The first-order valence-electron chi connectivity index (χ1n) is 7.40. The SMILES string of the molecule is CCOc1ccc(C(=O)Nc2cccc(N(C)C(C)=O)c2)cc1. The van der Waals surface area contributed by atoms with Crippen LogP contribution in [0, 0.1) is 0 Å². The average Bonchev–Trinajstić information content (AvgIpc) is 2.55. The number of carbonyl (C=O) groups is 2. The third-order valence-corrected chi connectivity index (χ3v) is 3.39. The Hall–Kier alpha value is -2.82. The molecule has 0 aliphatic carbocycles. The number of hydrogen-bond acceptors (Lipinski definition) is 3. The predicted molar refractivity (Wildman–Crippen MR) is 91.1 cm³/mol. The summed E-state index contributed by atoms with van der Waals surface area (Å²) in [6.45, 7) is 3.98. The molecule has 0 bridgehead atoms. The van der Waals surface area contributed by atoms with Crippen LogP contribution in [0.25, 0.3) is 0 Å². The van der Waals surface area contributed by atoms with E-state index in [1.807, 2.05) is 13.0 Å². The normalized spacial score (nSPS) is 10.0. The van der Waals surface area contributed by atoms with Gasteiger partial charge in [0.2, 0.25) is 5.91 Å². The van der Waals surface area contributed by atoms with E-state index in [1.54, 1.807) is 49.5 Å². The topological polar surface area (TPSA) is 58.6 Å². The minimum atomic E-state index is -0.212. The van der Waals surface area contributed by atoms with Crippen LogP contribution in [0.1, 0.15) is 24.2 Å². The monoisotopic (exact) mass is 312 g/mol. The molecule has 0 radical (unpaired) electrons. The van der Waals surface area contributed by atoms with Crippen molar-refractivity contribution >= 4 is 23.2 Å². The summed E-state index contributed by atoms with van der Waals surface area (Å²) in [7, 11) is 1.69. The van der Waals surface area contributed by atoms with Gasteiger partial charge in [-0.1, -0.05) is 6.07 Å². The summed E-state index contributed by atoms with van der Waals surface area (Å²) in [6, 6.07) is 14.1. The van der Waals surface area contributed by atoms with E-state index in [2.05, 4.69) is 5.32 Å². The lowest BCUT2D eigenvalue weighted by molar-refractivity contribution is -0.116. The molecule has 0 spiro atoms. The number of benzene rings is 2. The Balaban J connectivity index is 2.10. The Morgan fingerprint density at radius 1 is 1.13 bits per heavy atom. The summed E-state index contributed by atoms with van der Waals surface area (Å²) >= 11 is 0. The number of hydrogen-bond donors (Lipinski definition) is 1. The maximum Gasteiger partial charge on any atom is 0.255 e. The zero-order valence-electron chi connectivity index (χ0n) is 13.5. The van der Waals surface area contributed by atoms with Crippen molar-refractivity contribution in [2.24, 2.45) is 0 Å². The predicted octanol–water partition coefficient (Wildman–Crippen LogP) is 3.32. The molecule has 0 saturated carbocycles.